The third-order valence-electron chi connectivity index (χ3n) is 10.7. The zero-order chi connectivity index (χ0) is 48.7. The standard InChI is InChI=1S/C52H48O17/c1-3-29-60-51-40(54)43(68-49(58)36-25-15-7-16-26-36)41(66-47(56)34-21-11-5-12-22-34)39(64-51)31-62-52-45(63-32(2)53)44(69-50(59)37-27-17-8-18-28-37)42(67-48(57)35-23-13-6-14-24-35)38(65-52)30-61-46(55)33-19-9-4-10-20-33/h3-28,38-45,51-52,54H,1,29-31H2,2H3/t38-,39-,40+,41-,42-,43-,44+,45+,51+,52+/m1/s1. The van der Waals surface area contributed by atoms with Gasteiger partial charge in [-0.2, -0.15) is 0 Å². The van der Waals surface area contributed by atoms with Crippen molar-refractivity contribution in [2.75, 3.05) is 19.8 Å². The van der Waals surface area contributed by atoms with Crippen LogP contribution in [0.5, 0.6) is 0 Å². The van der Waals surface area contributed by atoms with Crippen molar-refractivity contribution in [3.8, 4) is 0 Å². The molecule has 0 spiro atoms. The number of carbonyl (C=O) groups is 6. The van der Waals surface area contributed by atoms with E-state index in [2.05, 4.69) is 6.58 Å². The summed E-state index contributed by atoms with van der Waals surface area (Å²) in [5.74, 6) is -5.30. The van der Waals surface area contributed by atoms with Crippen molar-refractivity contribution in [1.82, 2.24) is 0 Å². The average Bonchev–Trinajstić information content (AvgIpc) is 3.38. The molecule has 0 unspecified atom stereocenters. The number of ether oxygens (including phenoxy) is 10. The van der Waals surface area contributed by atoms with Gasteiger partial charge in [-0.25, -0.2) is 24.0 Å². The zero-order valence-corrected chi connectivity index (χ0v) is 37.1. The number of aliphatic hydroxyl groups is 1. The topological polar surface area (TPSA) is 215 Å². The number of carbonyl (C=O) groups excluding carboxylic acids is 6. The lowest BCUT2D eigenvalue weighted by atomic mass is 9.97. The van der Waals surface area contributed by atoms with E-state index in [1.807, 2.05) is 0 Å². The number of esters is 6. The lowest BCUT2D eigenvalue weighted by Crippen LogP contribution is -2.64. The molecule has 5 aromatic rings. The van der Waals surface area contributed by atoms with E-state index in [0.717, 1.165) is 6.92 Å². The summed E-state index contributed by atoms with van der Waals surface area (Å²) in [6, 6.07) is 39.4. The SMILES string of the molecule is C=CCO[C@H]1O[C@H](CO[C@H]2O[C@H](COC(=O)c3ccccc3)[C@@H](OC(=O)c3ccccc3)[C@H](OC(=O)c3ccccc3)[C@@H]2OC(C)=O)[C@@H](OC(=O)c2ccccc2)[C@H](OC(=O)c2ccccc2)[C@@H]1O. The minimum absolute atomic E-state index is 0.0714. The lowest BCUT2D eigenvalue weighted by Gasteiger charge is -2.46. The van der Waals surface area contributed by atoms with Crippen LogP contribution in [0, 0.1) is 0 Å². The third kappa shape index (κ3) is 12.9. The van der Waals surface area contributed by atoms with Crippen LogP contribution in [0.1, 0.15) is 58.7 Å². The fourth-order valence-electron chi connectivity index (χ4n) is 7.41. The van der Waals surface area contributed by atoms with Gasteiger partial charge >= 0.3 is 35.8 Å². The van der Waals surface area contributed by atoms with Crippen LogP contribution in [0.3, 0.4) is 0 Å². The molecule has 0 amide bonds. The molecule has 17 heteroatoms. The van der Waals surface area contributed by atoms with Crippen molar-refractivity contribution in [2.24, 2.45) is 0 Å². The fraction of sp³-hybridized carbons (Fsp3) is 0.269. The van der Waals surface area contributed by atoms with Crippen LogP contribution >= 0.6 is 0 Å². The first-order valence-corrected chi connectivity index (χ1v) is 21.8. The monoisotopic (exact) mass is 944 g/mol. The Balaban J connectivity index is 1.26. The molecule has 0 aromatic heterocycles. The number of aliphatic hydroxyl groups excluding tert-OH is 1. The molecule has 2 fully saturated rings. The van der Waals surface area contributed by atoms with E-state index >= 15 is 0 Å². The predicted molar refractivity (Wildman–Crippen MR) is 240 cm³/mol. The van der Waals surface area contributed by atoms with Crippen molar-refractivity contribution in [2.45, 2.75) is 68.3 Å². The summed E-state index contributed by atoms with van der Waals surface area (Å²) < 4.78 is 60.2. The Morgan fingerprint density at radius 3 is 1.25 bits per heavy atom. The van der Waals surface area contributed by atoms with Gasteiger partial charge in [-0.3, -0.25) is 4.79 Å². The molecule has 1 N–H and O–H groups in total. The minimum Gasteiger partial charge on any atom is -0.459 e. The van der Waals surface area contributed by atoms with Gasteiger partial charge in [0.15, 0.2) is 43.1 Å². The molecule has 0 bridgehead atoms. The van der Waals surface area contributed by atoms with Crippen molar-refractivity contribution in [1.29, 1.82) is 0 Å². The Hall–Kier alpha value is -7.54. The molecule has 69 heavy (non-hydrogen) atoms. The summed E-state index contributed by atoms with van der Waals surface area (Å²) in [4.78, 5) is 81.5. The molecule has 0 radical (unpaired) electrons. The highest BCUT2D eigenvalue weighted by atomic mass is 16.8. The maximum absolute atomic E-state index is 13.9. The Morgan fingerprint density at radius 2 is 0.826 bits per heavy atom. The summed E-state index contributed by atoms with van der Waals surface area (Å²) in [7, 11) is 0. The first kappa shape index (κ1) is 49.4. The number of benzene rings is 5. The Kier molecular flexibility index (Phi) is 17.1. The lowest BCUT2D eigenvalue weighted by molar-refractivity contribution is -0.329. The average molecular weight is 945 g/mol. The highest BCUT2D eigenvalue weighted by Gasteiger charge is 2.55. The van der Waals surface area contributed by atoms with Crippen molar-refractivity contribution < 1.29 is 81.2 Å². The normalized spacial score (nSPS) is 24.1. The molecule has 2 aliphatic heterocycles. The molecule has 17 nitrogen and oxygen atoms in total. The van der Waals surface area contributed by atoms with Crippen molar-refractivity contribution >= 4 is 35.8 Å². The van der Waals surface area contributed by atoms with Crippen LogP contribution in [0.2, 0.25) is 0 Å². The van der Waals surface area contributed by atoms with Crippen LogP contribution in [0.25, 0.3) is 0 Å². The summed E-state index contributed by atoms with van der Waals surface area (Å²) in [5.41, 5.74) is 0.548. The molecule has 358 valence electrons. The second kappa shape index (κ2) is 24.0. The van der Waals surface area contributed by atoms with E-state index in [1.54, 1.807) is 91.0 Å². The largest absolute Gasteiger partial charge is 0.459 e. The second-order valence-corrected chi connectivity index (χ2v) is 15.5. The van der Waals surface area contributed by atoms with Crippen LogP contribution < -0.4 is 0 Å². The molecule has 2 heterocycles. The summed E-state index contributed by atoms with van der Waals surface area (Å²) in [6.07, 6.45) is -15.0. The zero-order valence-electron chi connectivity index (χ0n) is 37.1. The first-order valence-electron chi connectivity index (χ1n) is 21.8. The van der Waals surface area contributed by atoms with Gasteiger partial charge in [0, 0.05) is 6.92 Å². The van der Waals surface area contributed by atoms with E-state index in [-0.39, 0.29) is 34.4 Å². The molecule has 10 atom stereocenters. The van der Waals surface area contributed by atoms with Gasteiger partial charge in [-0.15, -0.1) is 6.58 Å². The van der Waals surface area contributed by atoms with E-state index in [1.165, 1.54) is 66.7 Å². The van der Waals surface area contributed by atoms with Gasteiger partial charge in [-0.05, 0) is 60.7 Å². The molecular formula is C52H48O17. The van der Waals surface area contributed by atoms with Gasteiger partial charge in [0.05, 0.1) is 41.0 Å². The van der Waals surface area contributed by atoms with Crippen LogP contribution in [-0.2, 0) is 52.2 Å². The second-order valence-electron chi connectivity index (χ2n) is 15.5. The molecular weight excluding hydrogens is 897 g/mol. The van der Waals surface area contributed by atoms with Crippen LogP contribution in [0.15, 0.2) is 164 Å². The van der Waals surface area contributed by atoms with E-state index in [9.17, 15) is 33.9 Å². The fourth-order valence-corrected chi connectivity index (χ4v) is 7.41. The third-order valence-corrected chi connectivity index (χ3v) is 10.7. The van der Waals surface area contributed by atoms with Gasteiger partial charge in [0.1, 0.15) is 24.9 Å². The first-order chi connectivity index (χ1) is 33.5. The smallest absolute Gasteiger partial charge is 0.338 e. The number of hydrogen-bond donors (Lipinski definition) is 1. The Labute approximate surface area is 396 Å². The Bertz CT molecular complexity index is 2510. The molecule has 0 aliphatic carbocycles. The quantitative estimate of drug-likeness (QED) is 0.0633. The van der Waals surface area contributed by atoms with Gasteiger partial charge in [0.2, 0.25) is 0 Å². The van der Waals surface area contributed by atoms with Gasteiger partial charge in [0.25, 0.3) is 0 Å². The highest BCUT2D eigenvalue weighted by Crippen LogP contribution is 2.34. The molecule has 2 saturated heterocycles. The van der Waals surface area contributed by atoms with E-state index < -0.39 is 110 Å². The summed E-state index contributed by atoms with van der Waals surface area (Å²) in [5, 5.41) is 11.7. The summed E-state index contributed by atoms with van der Waals surface area (Å²) >= 11 is 0. The van der Waals surface area contributed by atoms with Gasteiger partial charge < -0.3 is 52.5 Å². The highest BCUT2D eigenvalue weighted by molar-refractivity contribution is 5.92. The number of hydrogen-bond acceptors (Lipinski definition) is 17. The molecule has 5 aromatic carbocycles. The minimum atomic E-state index is -1.77. The van der Waals surface area contributed by atoms with Crippen LogP contribution in [-0.4, -0.2) is 122 Å². The van der Waals surface area contributed by atoms with E-state index in [0.29, 0.717) is 0 Å². The predicted octanol–water partition coefficient (Wildman–Crippen LogP) is 5.71. The summed E-state index contributed by atoms with van der Waals surface area (Å²) in [6.45, 7) is 3.28. The van der Waals surface area contributed by atoms with E-state index in [4.69, 9.17) is 47.4 Å². The maximum atomic E-state index is 13.9. The maximum Gasteiger partial charge on any atom is 0.338 e. The molecule has 7 rings (SSSR count). The van der Waals surface area contributed by atoms with Gasteiger partial charge in [-0.1, -0.05) is 97.1 Å². The number of rotatable bonds is 18. The van der Waals surface area contributed by atoms with Crippen LogP contribution in [0.4, 0.5) is 0 Å². The molecule has 2 aliphatic rings. The molecule has 0 saturated carbocycles. The van der Waals surface area contributed by atoms with Crippen molar-refractivity contribution in [3.05, 3.63) is 192 Å². The van der Waals surface area contributed by atoms with Crippen molar-refractivity contribution in [3.63, 3.8) is 0 Å². The Morgan fingerprint density at radius 1 is 0.464 bits per heavy atom.